The van der Waals surface area contributed by atoms with Crippen molar-refractivity contribution in [1.29, 1.82) is 0 Å². The van der Waals surface area contributed by atoms with Crippen molar-refractivity contribution in [3.05, 3.63) is 23.2 Å². The van der Waals surface area contributed by atoms with Gasteiger partial charge in [0.15, 0.2) is 0 Å². The molecular formula is C15H24Cl3N3O2. The molecule has 1 aromatic carbocycles. The molecule has 0 radical (unpaired) electrons. The maximum Gasteiger partial charge on any atom is 0.239 e. The minimum atomic E-state index is 0. The molecule has 2 rings (SSSR count). The van der Waals surface area contributed by atoms with Crippen molar-refractivity contribution in [1.82, 2.24) is 10.6 Å². The number of hydrogen-bond acceptors (Lipinski definition) is 4. The Bertz CT molecular complexity index is 489. The number of rotatable bonds is 7. The standard InChI is InChI=1S/C15H22ClN3O2.2ClH/c1-2-5-17-6-7-18-15(20)11-19-8-9-21-14-4-3-12(16)10-13(14)19;;/h3-4,10,17H,2,5-9,11H2,1H3,(H,18,20);2*1H. The van der Waals surface area contributed by atoms with Gasteiger partial charge in [-0.3, -0.25) is 4.79 Å². The molecule has 2 N–H and O–H groups in total. The summed E-state index contributed by atoms with van der Waals surface area (Å²) in [6, 6.07) is 5.48. The summed E-state index contributed by atoms with van der Waals surface area (Å²) in [6.07, 6.45) is 1.10. The van der Waals surface area contributed by atoms with E-state index in [1.165, 1.54) is 0 Å². The Balaban J connectivity index is 0.00000242. The van der Waals surface area contributed by atoms with E-state index in [0.717, 1.165) is 30.9 Å². The second kappa shape index (κ2) is 11.6. The van der Waals surface area contributed by atoms with Crippen LogP contribution in [-0.4, -0.2) is 45.2 Å². The Morgan fingerprint density at radius 3 is 2.83 bits per heavy atom. The highest BCUT2D eigenvalue weighted by Gasteiger charge is 2.20. The van der Waals surface area contributed by atoms with E-state index < -0.39 is 0 Å². The molecule has 5 nitrogen and oxygen atoms in total. The number of carbonyl (C=O) groups is 1. The maximum absolute atomic E-state index is 12.0. The molecule has 8 heteroatoms. The number of fused-ring (bicyclic) bond motifs is 1. The van der Waals surface area contributed by atoms with Crippen LogP contribution in [0.15, 0.2) is 18.2 Å². The smallest absolute Gasteiger partial charge is 0.239 e. The Labute approximate surface area is 154 Å². The highest BCUT2D eigenvalue weighted by molar-refractivity contribution is 6.31. The SMILES string of the molecule is CCCNCCNC(=O)CN1CCOc2ccc(Cl)cc21.Cl.Cl. The van der Waals surface area contributed by atoms with Crippen molar-refractivity contribution in [3.8, 4) is 5.75 Å². The average molecular weight is 385 g/mol. The first-order chi connectivity index (χ1) is 10.2. The summed E-state index contributed by atoms with van der Waals surface area (Å²) in [7, 11) is 0. The summed E-state index contributed by atoms with van der Waals surface area (Å²) in [5, 5.41) is 6.82. The number of halogens is 3. The first-order valence-corrected chi connectivity index (χ1v) is 7.73. The molecule has 0 bridgehead atoms. The van der Waals surface area contributed by atoms with Gasteiger partial charge >= 0.3 is 0 Å². The lowest BCUT2D eigenvalue weighted by Crippen LogP contribution is -2.42. The van der Waals surface area contributed by atoms with Gasteiger partial charge in [0.1, 0.15) is 12.4 Å². The molecule has 0 unspecified atom stereocenters. The molecule has 0 spiro atoms. The van der Waals surface area contributed by atoms with Crippen molar-refractivity contribution < 1.29 is 9.53 Å². The highest BCUT2D eigenvalue weighted by atomic mass is 35.5. The van der Waals surface area contributed by atoms with Crippen molar-refractivity contribution in [2.24, 2.45) is 0 Å². The average Bonchev–Trinajstić information content (AvgIpc) is 2.48. The zero-order valence-corrected chi connectivity index (χ0v) is 15.5. The van der Waals surface area contributed by atoms with Crippen LogP contribution in [0.2, 0.25) is 5.02 Å². The Kier molecular flexibility index (Phi) is 11.2. The van der Waals surface area contributed by atoms with Gasteiger partial charge in [-0.15, -0.1) is 24.8 Å². The fourth-order valence-electron chi connectivity index (χ4n) is 2.23. The van der Waals surface area contributed by atoms with E-state index in [-0.39, 0.29) is 30.7 Å². The van der Waals surface area contributed by atoms with Gasteiger partial charge in [-0.1, -0.05) is 18.5 Å². The number of hydrogen-bond donors (Lipinski definition) is 2. The number of nitrogens with zero attached hydrogens (tertiary/aromatic N) is 1. The van der Waals surface area contributed by atoms with Gasteiger partial charge < -0.3 is 20.3 Å². The highest BCUT2D eigenvalue weighted by Crippen LogP contribution is 2.33. The van der Waals surface area contributed by atoms with Gasteiger partial charge in [-0.25, -0.2) is 0 Å². The van der Waals surface area contributed by atoms with Crippen molar-refractivity contribution in [2.75, 3.05) is 44.2 Å². The zero-order valence-electron chi connectivity index (χ0n) is 13.1. The van der Waals surface area contributed by atoms with E-state index in [0.29, 0.717) is 31.3 Å². The Hall–Kier alpha value is -0.880. The molecule has 0 aromatic heterocycles. The van der Waals surface area contributed by atoms with Crippen LogP contribution in [0, 0.1) is 0 Å². The minimum Gasteiger partial charge on any atom is -0.490 e. The molecule has 132 valence electrons. The van der Waals surface area contributed by atoms with Crippen LogP contribution in [0.4, 0.5) is 5.69 Å². The fourth-order valence-corrected chi connectivity index (χ4v) is 2.40. The molecule has 0 fully saturated rings. The van der Waals surface area contributed by atoms with E-state index in [4.69, 9.17) is 16.3 Å². The van der Waals surface area contributed by atoms with Crippen LogP contribution in [-0.2, 0) is 4.79 Å². The fraction of sp³-hybridized carbons (Fsp3) is 0.533. The monoisotopic (exact) mass is 383 g/mol. The quantitative estimate of drug-likeness (QED) is 0.709. The van der Waals surface area contributed by atoms with Gasteiger partial charge in [0.2, 0.25) is 5.91 Å². The first-order valence-electron chi connectivity index (χ1n) is 7.35. The van der Waals surface area contributed by atoms with Crippen LogP contribution in [0.5, 0.6) is 5.75 Å². The molecule has 0 saturated carbocycles. The van der Waals surface area contributed by atoms with Crippen LogP contribution in [0.25, 0.3) is 0 Å². The number of benzene rings is 1. The molecule has 1 aromatic rings. The van der Waals surface area contributed by atoms with E-state index in [9.17, 15) is 4.79 Å². The maximum atomic E-state index is 12.0. The van der Waals surface area contributed by atoms with Gasteiger partial charge in [-0.05, 0) is 31.2 Å². The van der Waals surface area contributed by atoms with Gasteiger partial charge in [0, 0.05) is 18.1 Å². The van der Waals surface area contributed by atoms with E-state index in [2.05, 4.69) is 17.6 Å². The lowest BCUT2D eigenvalue weighted by atomic mass is 10.2. The lowest BCUT2D eigenvalue weighted by Gasteiger charge is -2.30. The summed E-state index contributed by atoms with van der Waals surface area (Å²) in [5.41, 5.74) is 0.882. The molecule has 1 aliphatic heterocycles. The summed E-state index contributed by atoms with van der Waals surface area (Å²) >= 11 is 6.02. The molecular weight excluding hydrogens is 361 g/mol. The summed E-state index contributed by atoms with van der Waals surface area (Å²) in [5.74, 6) is 0.796. The van der Waals surface area contributed by atoms with Crippen molar-refractivity contribution in [3.63, 3.8) is 0 Å². The number of ether oxygens (including phenoxy) is 1. The predicted molar refractivity (Wildman–Crippen MR) is 99.8 cm³/mol. The summed E-state index contributed by atoms with van der Waals surface area (Å²) < 4.78 is 5.57. The molecule has 1 heterocycles. The first kappa shape index (κ1) is 22.1. The minimum absolute atomic E-state index is 0. The van der Waals surface area contributed by atoms with Gasteiger partial charge in [0.05, 0.1) is 18.8 Å². The molecule has 23 heavy (non-hydrogen) atoms. The van der Waals surface area contributed by atoms with Crippen molar-refractivity contribution >= 4 is 48.0 Å². The summed E-state index contributed by atoms with van der Waals surface area (Å²) in [4.78, 5) is 14.0. The lowest BCUT2D eigenvalue weighted by molar-refractivity contribution is -0.119. The third kappa shape index (κ3) is 7.04. The third-order valence-electron chi connectivity index (χ3n) is 3.27. The molecule has 1 amide bonds. The number of nitrogens with one attached hydrogen (secondary N) is 2. The predicted octanol–water partition coefficient (Wildman–Crippen LogP) is 2.50. The van der Waals surface area contributed by atoms with Gasteiger partial charge in [0.25, 0.3) is 0 Å². The summed E-state index contributed by atoms with van der Waals surface area (Å²) in [6.45, 7) is 6.13. The molecule has 0 atom stereocenters. The molecule has 0 aliphatic carbocycles. The largest absolute Gasteiger partial charge is 0.490 e. The number of carbonyl (C=O) groups excluding carboxylic acids is 1. The normalized spacial score (nSPS) is 12.3. The van der Waals surface area contributed by atoms with Crippen LogP contribution < -0.4 is 20.3 Å². The second-order valence-corrected chi connectivity index (χ2v) is 5.42. The molecule has 0 saturated heterocycles. The van der Waals surface area contributed by atoms with E-state index in [1.807, 2.05) is 17.0 Å². The van der Waals surface area contributed by atoms with Crippen LogP contribution >= 0.6 is 36.4 Å². The van der Waals surface area contributed by atoms with Crippen LogP contribution in [0.1, 0.15) is 13.3 Å². The zero-order chi connectivity index (χ0) is 15.1. The van der Waals surface area contributed by atoms with E-state index >= 15 is 0 Å². The number of amides is 1. The van der Waals surface area contributed by atoms with Crippen molar-refractivity contribution in [2.45, 2.75) is 13.3 Å². The third-order valence-corrected chi connectivity index (χ3v) is 3.50. The molecule has 1 aliphatic rings. The topological polar surface area (TPSA) is 53.6 Å². The second-order valence-electron chi connectivity index (χ2n) is 4.98. The Morgan fingerprint density at radius 1 is 1.30 bits per heavy atom. The van der Waals surface area contributed by atoms with Crippen LogP contribution in [0.3, 0.4) is 0 Å². The van der Waals surface area contributed by atoms with Gasteiger partial charge in [-0.2, -0.15) is 0 Å². The van der Waals surface area contributed by atoms with E-state index in [1.54, 1.807) is 6.07 Å². The number of anilines is 1. The Morgan fingerprint density at radius 2 is 2.09 bits per heavy atom.